The molecule has 1 saturated heterocycles. The van der Waals surface area contributed by atoms with Crippen LogP contribution in [-0.2, 0) is 6.18 Å². The van der Waals surface area contributed by atoms with Gasteiger partial charge in [-0.2, -0.15) is 13.2 Å². The molecule has 1 aromatic heterocycles. The molecule has 2 amide bonds. The number of carbonyl (C=O) groups excluding carboxylic acids is 1. The van der Waals surface area contributed by atoms with Crippen molar-refractivity contribution >= 4 is 34.1 Å². The molecular formula is C14H12ClF3N4OS. The fraction of sp³-hybridized carbons (Fsp3) is 0.357. The first-order valence-electron chi connectivity index (χ1n) is 7.08. The number of alkyl halides is 3. The van der Waals surface area contributed by atoms with E-state index in [4.69, 9.17) is 11.6 Å². The van der Waals surface area contributed by atoms with E-state index in [0.717, 1.165) is 18.4 Å². The summed E-state index contributed by atoms with van der Waals surface area (Å²) in [5.41, 5.74) is 0.892. The molecule has 128 valence electrons. The van der Waals surface area contributed by atoms with Crippen molar-refractivity contribution in [3.63, 3.8) is 0 Å². The van der Waals surface area contributed by atoms with Crippen LogP contribution in [-0.4, -0.2) is 27.7 Å². The first kappa shape index (κ1) is 17.0. The zero-order chi connectivity index (χ0) is 17.3. The van der Waals surface area contributed by atoms with E-state index in [1.165, 1.54) is 0 Å². The Kier molecular flexibility index (Phi) is 4.64. The molecule has 1 atom stereocenters. The molecular weight excluding hydrogens is 365 g/mol. The summed E-state index contributed by atoms with van der Waals surface area (Å²) in [5.74, 6) is 0. The van der Waals surface area contributed by atoms with Crippen molar-refractivity contribution in [2.45, 2.75) is 25.1 Å². The Balaban J connectivity index is 1.73. The minimum Gasteiger partial charge on any atom is -0.317 e. The maximum Gasteiger partial charge on any atom is 0.445 e. The summed E-state index contributed by atoms with van der Waals surface area (Å²) in [6.07, 6.45) is -3.01. The molecule has 2 aromatic rings. The summed E-state index contributed by atoms with van der Waals surface area (Å²) in [5, 5.41) is 8.11. The number of urea groups is 1. The maximum atomic E-state index is 12.5. The first-order chi connectivity index (χ1) is 11.3. The van der Waals surface area contributed by atoms with Crippen molar-refractivity contribution < 1.29 is 18.0 Å². The minimum atomic E-state index is -4.57. The van der Waals surface area contributed by atoms with Crippen LogP contribution in [0.25, 0.3) is 0 Å². The summed E-state index contributed by atoms with van der Waals surface area (Å²) >= 11 is 6.28. The molecule has 1 N–H and O–H groups in total. The Morgan fingerprint density at radius 3 is 2.83 bits per heavy atom. The average molecular weight is 377 g/mol. The summed E-state index contributed by atoms with van der Waals surface area (Å²) in [6.45, 7) is 0.508. The smallest absolute Gasteiger partial charge is 0.317 e. The standard InChI is InChI=1S/C14H12ClF3N4OS/c15-9-4-1-3-8(7-9)10-5-2-6-22(10)13(23)19-12-21-20-11(24-12)14(16,17)18/h1,3-4,7,10H,2,5-6H2,(H,19,21,23). The number of nitrogens with one attached hydrogen (secondary N) is 1. The Bertz CT molecular complexity index is 752. The third kappa shape index (κ3) is 3.62. The molecule has 0 bridgehead atoms. The molecule has 1 fully saturated rings. The van der Waals surface area contributed by atoms with Crippen LogP contribution < -0.4 is 5.32 Å². The van der Waals surface area contributed by atoms with E-state index < -0.39 is 17.2 Å². The number of amides is 2. The van der Waals surface area contributed by atoms with Crippen molar-refractivity contribution in [1.82, 2.24) is 15.1 Å². The second-order valence-electron chi connectivity index (χ2n) is 5.25. The van der Waals surface area contributed by atoms with Gasteiger partial charge in [0.05, 0.1) is 6.04 Å². The SMILES string of the molecule is O=C(Nc1nnc(C(F)(F)F)s1)N1CCCC1c1cccc(Cl)c1. The number of hydrogen-bond acceptors (Lipinski definition) is 4. The quantitative estimate of drug-likeness (QED) is 0.834. The molecule has 10 heteroatoms. The third-order valence-electron chi connectivity index (χ3n) is 3.63. The van der Waals surface area contributed by atoms with Crippen LogP contribution in [0, 0.1) is 0 Å². The molecule has 0 spiro atoms. The van der Waals surface area contributed by atoms with Crippen LogP contribution in [0.4, 0.5) is 23.1 Å². The lowest BCUT2D eigenvalue weighted by Crippen LogP contribution is -2.34. The number of carbonyl (C=O) groups is 1. The Morgan fingerprint density at radius 1 is 1.38 bits per heavy atom. The Hall–Kier alpha value is -1.87. The van der Waals surface area contributed by atoms with Crippen molar-refractivity contribution in [2.75, 3.05) is 11.9 Å². The molecule has 1 aliphatic heterocycles. The summed E-state index contributed by atoms with van der Waals surface area (Å²) < 4.78 is 37.6. The molecule has 3 rings (SSSR count). The van der Waals surface area contributed by atoms with Crippen LogP contribution in [0.5, 0.6) is 0 Å². The van der Waals surface area contributed by atoms with Gasteiger partial charge in [0, 0.05) is 11.6 Å². The van der Waals surface area contributed by atoms with E-state index in [1.54, 1.807) is 23.1 Å². The fourth-order valence-corrected chi connectivity index (χ4v) is 3.42. The fourth-order valence-electron chi connectivity index (χ4n) is 2.62. The van der Waals surface area contributed by atoms with Crippen LogP contribution in [0.15, 0.2) is 24.3 Å². The van der Waals surface area contributed by atoms with E-state index >= 15 is 0 Å². The van der Waals surface area contributed by atoms with E-state index in [0.29, 0.717) is 22.9 Å². The van der Waals surface area contributed by atoms with Crippen molar-refractivity contribution in [1.29, 1.82) is 0 Å². The lowest BCUT2D eigenvalue weighted by atomic mass is 10.1. The monoisotopic (exact) mass is 376 g/mol. The average Bonchev–Trinajstić information content (AvgIpc) is 3.15. The number of nitrogens with zero attached hydrogens (tertiary/aromatic N) is 3. The molecule has 24 heavy (non-hydrogen) atoms. The second-order valence-corrected chi connectivity index (χ2v) is 6.66. The minimum absolute atomic E-state index is 0.168. The zero-order valence-corrected chi connectivity index (χ0v) is 13.8. The van der Waals surface area contributed by atoms with Gasteiger partial charge in [0.1, 0.15) is 0 Å². The Labute approximate surface area is 144 Å². The van der Waals surface area contributed by atoms with Crippen LogP contribution in [0.1, 0.15) is 29.5 Å². The van der Waals surface area contributed by atoms with Crippen molar-refractivity contribution in [2.24, 2.45) is 0 Å². The van der Waals surface area contributed by atoms with Gasteiger partial charge in [-0.25, -0.2) is 4.79 Å². The molecule has 0 saturated carbocycles. The summed E-state index contributed by atoms with van der Waals surface area (Å²) in [6, 6.07) is 6.52. The highest BCUT2D eigenvalue weighted by atomic mass is 35.5. The summed E-state index contributed by atoms with van der Waals surface area (Å²) in [4.78, 5) is 14.0. The maximum absolute atomic E-state index is 12.5. The van der Waals surface area contributed by atoms with E-state index in [9.17, 15) is 18.0 Å². The topological polar surface area (TPSA) is 58.1 Å². The van der Waals surface area contributed by atoms with Crippen LogP contribution >= 0.6 is 22.9 Å². The third-order valence-corrected chi connectivity index (χ3v) is 4.75. The lowest BCUT2D eigenvalue weighted by molar-refractivity contribution is -0.138. The molecule has 1 unspecified atom stereocenters. The largest absolute Gasteiger partial charge is 0.445 e. The number of hydrogen-bond donors (Lipinski definition) is 1. The molecule has 0 radical (unpaired) electrons. The molecule has 0 aliphatic carbocycles. The number of halogens is 4. The first-order valence-corrected chi connectivity index (χ1v) is 8.28. The number of likely N-dealkylation sites (tertiary alicyclic amines) is 1. The highest BCUT2D eigenvalue weighted by molar-refractivity contribution is 7.15. The zero-order valence-electron chi connectivity index (χ0n) is 12.2. The number of aromatic nitrogens is 2. The predicted octanol–water partition coefficient (Wildman–Crippen LogP) is 4.58. The van der Waals surface area contributed by atoms with Gasteiger partial charge in [-0.1, -0.05) is 35.1 Å². The number of benzene rings is 1. The number of anilines is 1. The highest BCUT2D eigenvalue weighted by Crippen LogP contribution is 2.35. The Morgan fingerprint density at radius 2 is 2.17 bits per heavy atom. The highest BCUT2D eigenvalue weighted by Gasteiger charge is 2.36. The van der Waals surface area contributed by atoms with Crippen molar-refractivity contribution in [3.8, 4) is 0 Å². The molecule has 2 heterocycles. The van der Waals surface area contributed by atoms with Gasteiger partial charge in [0.25, 0.3) is 0 Å². The number of rotatable bonds is 2. The van der Waals surface area contributed by atoms with Gasteiger partial charge < -0.3 is 4.90 Å². The van der Waals surface area contributed by atoms with Gasteiger partial charge in [-0.15, -0.1) is 10.2 Å². The normalized spacial score (nSPS) is 18.0. The second kappa shape index (κ2) is 6.56. The van der Waals surface area contributed by atoms with Crippen molar-refractivity contribution in [3.05, 3.63) is 39.9 Å². The summed E-state index contributed by atoms with van der Waals surface area (Å²) in [7, 11) is 0. The van der Waals surface area contributed by atoms with Gasteiger partial charge in [-0.05, 0) is 30.5 Å². The van der Waals surface area contributed by atoms with E-state index in [1.807, 2.05) is 6.07 Å². The molecule has 1 aromatic carbocycles. The van der Waals surface area contributed by atoms with Gasteiger partial charge in [0.15, 0.2) is 0 Å². The lowest BCUT2D eigenvalue weighted by Gasteiger charge is -2.24. The van der Waals surface area contributed by atoms with Gasteiger partial charge in [0.2, 0.25) is 10.1 Å². The van der Waals surface area contributed by atoms with Gasteiger partial charge >= 0.3 is 12.2 Å². The van der Waals surface area contributed by atoms with Crippen LogP contribution in [0.2, 0.25) is 5.02 Å². The van der Waals surface area contributed by atoms with Gasteiger partial charge in [-0.3, -0.25) is 5.32 Å². The van der Waals surface area contributed by atoms with E-state index in [2.05, 4.69) is 15.5 Å². The predicted molar refractivity (Wildman–Crippen MR) is 84.1 cm³/mol. The molecule has 5 nitrogen and oxygen atoms in total. The molecule has 1 aliphatic rings. The van der Waals surface area contributed by atoms with E-state index in [-0.39, 0.29) is 11.2 Å². The van der Waals surface area contributed by atoms with Crippen LogP contribution in [0.3, 0.4) is 0 Å².